The summed E-state index contributed by atoms with van der Waals surface area (Å²) in [5.74, 6) is -0.389. The molecule has 0 spiro atoms. The second-order valence-electron chi connectivity index (χ2n) is 5.35. The van der Waals surface area contributed by atoms with Gasteiger partial charge in [0.05, 0.1) is 6.20 Å². The number of thiazole rings is 1. The number of hydrogen-bond donors (Lipinski definition) is 0. The summed E-state index contributed by atoms with van der Waals surface area (Å²) in [4.78, 5) is 16.5. The van der Waals surface area contributed by atoms with Crippen LogP contribution < -0.4 is 0 Å². The van der Waals surface area contributed by atoms with Gasteiger partial charge in [-0.1, -0.05) is 30.3 Å². The predicted octanol–water partition coefficient (Wildman–Crippen LogP) is 3.33. The van der Waals surface area contributed by atoms with E-state index in [2.05, 4.69) is 10.1 Å². The minimum absolute atomic E-state index is 0.201. The first kappa shape index (κ1) is 15.4. The van der Waals surface area contributed by atoms with Crippen LogP contribution in [0.5, 0.6) is 0 Å². The molecule has 0 saturated heterocycles. The number of rotatable bonds is 5. The Morgan fingerprint density at radius 1 is 1.35 bits per heavy atom. The number of aryl methyl sites for hydroxylation is 1. The second kappa shape index (κ2) is 6.75. The van der Waals surface area contributed by atoms with E-state index < -0.39 is 0 Å². The zero-order valence-corrected chi connectivity index (χ0v) is 13.8. The Balaban J connectivity index is 1.63. The van der Waals surface area contributed by atoms with Gasteiger partial charge in [0.15, 0.2) is 5.69 Å². The first-order valence-corrected chi connectivity index (χ1v) is 8.19. The molecule has 0 unspecified atom stereocenters. The van der Waals surface area contributed by atoms with E-state index in [1.807, 2.05) is 50.5 Å². The molecule has 23 heavy (non-hydrogen) atoms. The van der Waals surface area contributed by atoms with Crippen LogP contribution in [0.3, 0.4) is 0 Å². The quantitative estimate of drug-likeness (QED) is 0.675. The molecule has 1 aromatic carbocycles. The molecule has 0 radical (unpaired) electrons. The van der Waals surface area contributed by atoms with Crippen molar-refractivity contribution in [2.45, 2.75) is 19.4 Å². The van der Waals surface area contributed by atoms with Crippen molar-refractivity contribution in [3.8, 4) is 10.6 Å². The SMILES string of the molecule is C[C@@H](Cc1ccccc1)OC(=O)c1csc(-c2cnn(C)c2)n1. The molecule has 0 aliphatic carbocycles. The highest BCUT2D eigenvalue weighted by Crippen LogP contribution is 2.23. The van der Waals surface area contributed by atoms with Crippen molar-refractivity contribution in [3.05, 3.63) is 59.4 Å². The number of nitrogens with zero attached hydrogens (tertiary/aromatic N) is 3. The molecule has 0 aliphatic rings. The summed E-state index contributed by atoms with van der Waals surface area (Å²) >= 11 is 1.41. The second-order valence-corrected chi connectivity index (χ2v) is 6.20. The maximum Gasteiger partial charge on any atom is 0.358 e. The maximum absolute atomic E-state index is 12.2. The van der Waals surface area contributed by atoms with Crippen LogP contribution in [0.25, 0.3) is 10.6 Å². The van der Waals surface area contributed by atoms with E-state index in [-0.39, 0.29) is 12.1 Å². The standard InChI is InChI=1S/C17H17N3O2S/c1-12(8-13-6-4-3-5-7-13)22-17(21)15-11-23-16(19-15)14-9-18-20(2)10-14/h3-7,9-12H,8H2,1-2H3/t12-/m0/s1. The monoisotopic (exact) mass is 327 g/mol. The summed E-state index contributed by atoms with van der Waals surface area (Å²) in [6.07, 6.45) is 4.08. The highest BCUT2D eigenvalue weighted by molar-refractivity contribution is 7.13. The van der Waals surface area contributed by atoms with Crippen molar-refractivity contribution in [3.63, 3.8) is 0 Å². The number of benzene rings is 1. The van der Waals surface area contributed by atoms with E-state index in [1.165, 1.54) is 11.3 Å². The predicted molar refractivity (Wildman–Crippen MR) is 89.3 cm³/mol. The van der Waals surface area contributed by atoms with E-state index in [9.17, 15) is 4.79 Å². The zero-order chi connectivity index (χ0) is 16.2. The highest BCUT2D eigenvalue weighted by Gasteiger charge is 2.17. The molecular weight excluding hydrogens is 310 g/mol. The molecule has 6 heteroatoms. The molecule has 1 atom stereocenters. The van der Waals surface area contributed by atoms with Crippen LogP contribution in [0.4, 0.5) is 0 Å². The summed E-state index contributed by atoms with van der Waals surface area (Å²) in [6.45, 7) is 1.89. The molecule has 3 rings (SSSR count). The normalized spacial score (nSPS) is 12.1. The molecule has 0 bridgehead atoms. The van der Waals surface area contributed by atoms with Gasteiger partial charge < -0.3 is 4.74 Å². The Labute approximate surface area is 138 Å². The van der Waals surface area contributed by atoms with Gasteiger partial charge in [0, 0.05) is 30.6 Å². The van der Waals surface area contributed by atoms with Crippen LogP contribution in [0.1, 0.15) is 23.0 Å². The van der Waals surface area contributed by atoms with Crippen LogP contribution in [0.2, 0.25) is 0 Å². The van der Waals surface area contributed by atoms with Crippen LogP contribution >= 0.6 is 11.3 Å². The summed E-state index contributed by atoms with van der Waals surface area (Å²) < 4.78 is 7.18. The maximum atomic E-state index is 12.2. The van der Waals surface area contributed by atoms with E-state index in [0.29, 0.717) is 12.1 Å². The van der Waals surface area contributed by atoms with Gasteiger partial charge in [-0.3, -0.25) is 4.68 Å². The van der Waals surface area contributed by atoms with Crippen molar-refractivity contribution in [1.29, 1.82) is 0 Å². The minimum atomic E-state index is -0.389. The van der Waals surface area contributed by atoms with Crippen LogP contribution in [0.15, 0.2) is 48.1 Å². The third-order valence-corrected chi connectivity index (χ3v) is 4.23. The number of carbonyl (C=O) groups excluding carboxylic acids is 1. The Bertz CT molecular complexity index is 795. The fraction of sp³-hybridized carbons (Fsp3) is 0.235. The van der Waals surface area contributed by atoms with Gasteiger partial charge >= 0.3 is 5.97 Å². The smallest absolute Gasteiger partial charge is 0.358 e. The van der Waals surface area contributed by atoms with Crippen LogP contribution in [0, 0.1) is 0 Å². The lowest BCUT2D eigenvalue weighted by Gasteiger charge is -2.12. The van der Waals surface area contributed by atoms with E-state index >= 15 is 0 Å². The van der Waals surface area contributed by atoms with E-state index in [0.717, 1.165) is 16.1 Å². The molecule has 2 aromatic heterocycles. The lowest BCUT2D eigenvalue weighted by molar-refractivity contribution is 0.0337. The number of aromatic nitrogens is 3. The molecule has 0 saturated carbocycles. The van der Waals surface area contributed by atoms with Crippen molar-refractivity contribution < 1.29 is 9.53 Å². The van der Waals surface area contributed by atoms with Gasteiger partial charge in [0.25, 0.3) is 0 Å². The van der Waals surface area contributed by atoms with Crippen molar-refractivity contribution in [1.82, 2.24) is 14.8 Å². The minimum Gasteiger partial charge on any atom is -0.458 e. The third-order valence-electron chi connectivity index (χ3n) is 3.34. The fourth-order valence-electron chi connectivity index (χ4n) is 2.26. The summed E-state index contributed by atoms with van der Waals surface area (Å²) in [7, 11) is 1.84. The lowest BCUT2D eigenvalue weighted by atomic mass is 10.1. The molecule has 0 aliphatic heterocycles. The van der Waals surface area contributed by atoms with Gasteiger partial charge in [-0.15, -0.1) is 11.3 Å². The van der Waals surface area contributed by atoms with E-state index in [1.54, 1.807) is 16.3 Å². The molecule has 2 heterocycles. The summed E-state index contributed by atoms with van der Waals surface area (Å²) in [5, 5.41) is 6.60. The molecule has 5 nitrogen and oxygen atoms in total. The highest BCUT2D eigenvalue weighted by atomic mass is 32.1. The largest absolute Gasteiger partial charge is 0.458 e. The number of esters is 1. The van der Waals surface area contributed by atoms with Crippen molar-refractivity contribution in [2.75, 3.05) is 0 Å². The Morgan fingerprint density at radius 2 is 2.13 bits per heavy atom. The molecular formula is C17H17N3O2S. The number of ether oxygens (including phenoxy) is 1. The summed E-state index contributed by atoms with van der Waals surface area (Å²) in [6, 6.07) is 9.96. The topological polar surface area (TPSA) is 57.0 Å². The summed E-state index contributed by atoms with van der Waals surface area (Å²) in [5.41, 5.74) is 2.38. The molecule has 0 N–H and O–H groups in total. The van der Waals surface area contributed by atoms with E-state index in [4.69, 9.17) is 4.74 Å². The molecule has 3 aromatic rings. The molecule has 0 fully saturated rings. The first-order valence-electron chi connectivity index (χ1n) is 7.31. The Hall–Kier alpha value is -2.47. The van der Waals surface area contributed by atoms with Crippen molar-refractivity contribution in [2.24, 2.45) is 7.05 Å². The molecule has 0 amide bonds. The lowest BCUT2D eigenvalue weighted by Crippen LogP contribution is -2.17. The Kier molecular flexibility index (Phi) is 4.52. The number of carbonyl (C=O) groups is 1. The van der Waals surface area contributed by atoms with Gasteiger partial charge in [-0.05, 0) is 12.5 Å². The van der Waals surface area contributed by atoms with Crippen LogP contribution in [-0.2, 0) is 18.2 Å². The average molecular weight is 327 g/mol. The first-order chi connectivity index (χ1) is 11.1. The zero-order valence-electron chi connectivity index (χ0n) is 13.0. The molecule has 118 valence electrons. The fourth-order valence-corrected chi connectivity index (χ4v) is 3.03. The third kappa shape index (κ3) is 3.84. The van der Waals surface area contributed by atoms with Gasteiger partial charge in [0.1, 0.15) is 11.1 Å². The van der Waals surface area contributed by atoms with Crippen molar-refractivity contribution >= 4 is 17.3 Å². The van der Waals surface area contributed by atoms with Crippen LogP contribution in [-0.4, -0.2) is 26.8 Å². The number of hydrogen-bond acceptors (Lipinski definition) is 5. The van der Waals surface area contributed by atoms with Gasteiger partial charge in [0.2, 0.25) is 0 Å². The average Bonchev–Trinajstić information content (AvgIpc) is 3.16. The van der Waals surface area contributed by atoms with Gasteiger partial charge in [-0.25, -0.2) is 9.78 Å². The van der Waals surface area contributed by atoms with Gasteiger partial charge in [-0.2, -0.15) is 5.10 Å². The Morgan fingerprint density at radius 3 is 2.83 bits per heavy atom.